The van der Waals surface area contributed by atoms with Gasteiger partial charge in [0.05, 0.1) is 11.9 Å². The molecule has 2 N–H and O–H groups in total. The summed E-state index contributed by atoms with van der Waals surface area (Å²) in [5, 5.41) is 9.91. The fourth-order valence-corrected chi connectivity index (χ4v) is 2.15. The number of hydrogen-bond donors (Lipinski definition) is 2. The Hall–Kier alpha value is -2.37. The molecular weight excluding hydrogens is 247 g/mol. The number of aromatic nitrogens is 2. The number of fused-ring (bicyclic) bond motifs is 1. The topological polar surface area (TPSA) is 59.0 Å². The molecule has 0 radical (unpaired) electrons. The normalized spacial score (nSPS) is 17.2. The van der Waals surface area contributed by atoms with Crippen molar-refractivity contribution in [1.82, 2.24) is 9.78 Å². The second kappa shape index (κ2) is 4.38. The van der Waals surface area contributed by atoms with E-state index in [1.165, 1.54) is 12.1 Å². The van der Waals surface area contributed by atoms with Gasteiger partial charge in [-0.25, -0.2) is 4.39 Å². The Kier molecular flexibility index (Phi) is 2.70. The zero-order chi connectivity index (χ0) is 13.4. The Bertz CT molecular complexity index is 637. The van der Waals surface area contributed by atoms with Crippen LogP contribution in [0.25, 0.3) is 0 Å². The summed E-state index contributed by atoms with van der Waals surface area (Å²) in [6.45, 7) is 2.73. The number of carbonyl (C=O) groups excluding carboxylic acids is 1. The Labute approximate surface area is 109 Å². The number of amides is 1. The standard InChI is InChI=1S/C13H13FN4O/c1-2-18-7-9(6-15-18)16-12-10-5-8(14)3-4-11(10)17-13(12)19/h3-7,12,16H,2H2,1H3,(H,17,19). The van der Waals surface area contributed by atoms with Crippen LogP contribution in [0, 0.1) is 5.82 Å². The highest BCUT2D eigenvalue weighted by molar-refractivity contribution is 6.04. The lowest BCUT2D eigenvalue weighted by atomic mass is 10.1. The molecule has 19 heavy (non-hydrogen) atoms. The van der Waals surface area contributed by atoms with Gasteiger partial charge in [0.25, 0.3) is 5.91 Å². The number of carbonyl (C=O) groups is 1. The summed E-state index contributed by atoms with van der Waals surface area (Å²) in [6.07, 6.45) is 3.46. The van der Waals surface area contributed by atoms with E-state index in [1.807, 2.05) is 13.1 Å². The van der Waals surface area contributed by atoms with E-state index in [4.69, 9.17) is 0 Å². The van der Waals surface area contributed by atoms with E-state index in [0.717, 1.165) is 12.2 Å². The Balaban J connectivity index is 1.89. The molecule has 1 amide bonds. The minimum absolute atomic E-state index is 0.190. The molecule has 0 spiro atoms. The number of aryl methyl sites for hydroxylation is 1. The Morgan fingerprint density at radius 3 is 3.11 bits per heavy atom. The van der Waals surface area contributed by atoms with E-state index in [9.17, 15) is 9.18 Å². The zero-order valence-electron chi connectivity index (χ0n) is 10.4. The van der Waals surface area contributed by atoms with Gasteiger partial charge in [-0.2, -0.15) is 5.10 Å². The van der Waals surface area contributed by atoms with Crippen molar-refractivity contribution in [2.45, 2.75) is 19.5 Å². The first kappa shape index (κ1) is 11.7. The van der Waals surface area contributed by atoms with Gasteiger partial charge in [0.1, 0.15) is 11.9 Å². The van der Waals surface area contributed by atoms with Crippen molar-refractivity contribution in [3.8, 4) is 0 Å². The molecule has 1 aromatic heterocycles. The summed E-state index contributed by atoms with van der Waals surface area (Å²) in [7, 11) is 0. The van der Waals surface area contributed by atoms with Crippen LogP contribution in [0.5, 0.6) is 0 Å². The largest absolute Gasteiger partial charge is 0.367 e. The average Bonchev–Trinajstić information content (AvgIpc) is 2.96. The molecule has 1 unspecified atom stereocenters. The molecular formula is C13H13FN4O. The van der Waals surface area contributed by atoms with Crippen LogP contribution in [0.2, 0.25) is 0 Å². The summed E-state index contributed by atoms with van der Waals surface area (Å²) < 4.78 is 15.0. The molecule has 2 heterocycles. The quantitative estimate of drug-likeness (QED) is 0.889. The predicted octanol–water partition coefficient (Wildman–Crippen LogP) is 2.15. The van der Waals surface area contributed by atoms with Crippen molar-refractivity contribution >= 4 is 17.3 Å². The molecule has 0 fully saturated rings. The van der Waals surface area contributed by atoms with Crippen LogP contribution in [0.4, 0.5) is 15.8 Å². The average molecular weight is 260 g/mol. The molecule has 0 saturated heterocycles. The molecule has 1 aromatic carbocycles. The lowest BCUT2D eigenvalue weighted by Crippen LogP contribution is -2.19. The van der Waals surface area contributed by atoms with Gasteiger partial charge >= 0.3 is 0 Å². The number of hydrogen-bond acceptors (Lipinski definition) is 3. The van der Waals surface area contributed by atoms with Crippen molar-refractivity contribution in [3.63, 3.8) is 0 Å². The van der Waals surface area contributed by atoms with Crippen molar-refractivity contribution in [3.05, 3.63) is 42.0 Å². The summed E-state index contributed by atoms with van der Waals surface area (Å²) in [4.78, 5) is 11.9. The van der Waals surface area contributed by atoms with Crippen LogP contribution in [0.3, 0.4) is 0 Å². The van der Waals surface area contributed by atoms with Crippen molar-refractivity contribution < 1.29 is 9.18 Å². The highest BCUT2D eigenvalue weighted by Gasteiger charge is 2.31. The fraction of sp³-hybridized carbons (Fsp3) is 0.231. The van der Waals surface area contributed by atoms with Gasteiger partial charge in [0.15, 0.2) is 0 Å². The third-order valence-electron chi connectivity index (χ3n) is 3.11. The third-order valence-corrected chi connectivity index (χ3v) is 3.11. The molecule has 1 aliphatic rings. The smallest absolute Gasteiger partial charge is 0.251 e. The molecule has 0 aliphatic carbocycles. The predicted molar refractivity (Wildman–Crippen MR) is 69.3 cm³/mol. The van der Waals surface area contributed by atoms with Gasteiger partial charge in [0.2, 0.25) is 0 Å². The highest BCUT2D eigenvalue weighted by atomic mass is 19.1. The van der Waals surface area contributed by atoms with Gasteiger partial charge in [-0.15, -0.1) is 0 Å². The van der Waals surface area contributed by atoms with E-state index < -0.39 is 6.04 Å². The molecule has 0 bridgehead atoms. The van der Waals surface area contributed by atoms with E-state index in [2.05, 4.69) is 15.7 Å². The van der Waals surface area contributed by atoms with E-state index in [1.54, 1.807) is 16.9 Å². The van der Waals surface area contributed by atoms with Crippen molar-refractivity contribution in [1.29, 1.82) is 0 Å². The zero-order valence-corrected chi connectivity index (χ0v) is 10.4. The second-order valence-corrected chi connectivity index (χ2v) is 4.38. The number of benzene rings is 1. The summed E-state index contributed by atoms with van der Waals surface area (Å²) in [5.41, 5.74) is 2.00. The van der Waals surface area contributed by atoms with Crippen LogP contribution in [0.15, 0.2) is 30.6 Å². The molecule has 1 atom stereocenters. The van der Waals surface area contributed by atoms with Gasteiger partial charge < -0.3 is 10.6 Å². The minimum atomic E-state index is -0.583. The van der Waals surface area contributed by atoms with Crippen molar-refractivity contribution in [2.24, 2.45) is 0 Å². The number of rotatable bonds is 3. The number of halogens is 1. The van der Waals surface area contributed by atoms with Crippen LogP contribution in [-0.2, 0) is 11.3 Å². The molecule has 5 nitrogen and oxygen atoms in total. The highest BCUT2D eigenvalue weighted by Crippen LogP contribution is 2.33. The maximum absolute atomic E-state index is 13.3. The Morgan fingerprint density at radius 1 is 1.53 bits per heavy atom. The lowest BCUT2D eigenvalue weighted by Gasteiger charge is -2.10. The van der Waals surface area contributed by atoms with Gasteiger partial charge in [-0.1, -0.05) is 0 Å². The van der Waals surface area contributed by atoms with Crippen LogP contribution >= 0.6 is 0 Å². The summed E-state index contributed by atoms with van der Waals surface area (Å²) >= 11 is 0. The summed E-state index contributed by atoms with van der Waals surface area (Å²) in [6, 6.07) is 3.69. The van der Waals surface area contributed by atoms with E-state index in [0.29, 0.717) is 11.3 Å². The van der Waals surface area contributed by atoms with Gasteiger partial charge in [-0.3, -0.25) is 9.48 Å². The molecule has 6 heteroatoms. The summed E-state index contributed by atoms with van der Waals surface area (Å²) in [5.74, 6) is -0.545. The number of anilines is 2. The molecule has 0 saturated carbocycles. The van der Waals surface area contributed by atoms with Gasteiger partial charge in [-0.05, 0) is 25.1 Å². The SMILES string of the molecule is CCn1cc(NC2C(=O)Nc3ccc(F)cc32)cn1. The molecule has 2 aromatic rings. The van der Waals surface area contributed by atoms with E-state index >= 15 is 0 Å². The van der Waals surface area contributed by atoms with Crippen LogP contribution < -0.4 is 10.6 Å². The van der Waals surface area contributed by atoms with Crippen molar-refractivity contribution in [2.75, 3.05) is 10.6 Å². The first-order valence-electron chi connectivity index (χ1n) is 6.06. The first-order valence-corrected chi connectivity index (χ1v) is 6.06. The maximum Gasteiger partial charge on any atom is 0.251 e. The molecule has 1 aliphatic heterocycles. The number of nitrogens with zero attached hydrogens (tertiary/aromatic N) is 2. The third kappa shape index (κ3) is 2.05. The van der Waals surface area contributed by atoms with Crippen LogP contribution in [0.1, 0.15) is 18.5 Å². The monoisotopic (exact) mass is 260 g/mol. The van der Waals surface area contributed by atoms with Crippen LogP contribution in [-0.4, -0.2) is 15.7 Å². The lowest BCUT2D eigenvalue weighted by molar-refractivity contribution is -0.116. The van der Waals surface area contributed by atoms with Gasteiger partial charge in [0, 0.05) is 24.0 Å². The maximum atomic E-state index is 13.3. The number of nitrogens with one attached hydrogen (secondary N) is 2. The Morgan fingerprint density at radius 2 is 2.37 bits per heavy atom. The first-order chi connectivity index (χ1) is 9.17. The molecule has 3 rings (SSSR count). The second-order valence-electron chi connectivity index (χ2n) is 4.38. The minimum Gasteiger partial charge on any atom is -0.367 e. The molecule has 98 valence electrons. The fourth-order valence-electron chi connectivity index (χ4n) is 2.15. The van der Waals surface area contributed by atoms with E-state index in [-0.39, 0.29) is 11.7 Å².